The van der Waals surface area contributed by atoms with E-state index < -0.39 is 24.4 Å². The van der Waals surface area contributed by atoms with Crippen LogP contribution in [0.1, 0.15) is 15.9 Å². The Bertz CT molecular complexity index is 1160. The van der Waals surface area contributed by atoms with E-state index in [0.29, 0.717) is 28.1 Å². The third kappa shape index (κ3) is 5.34. The number of carbonyl (C=O) groups excluding carboxylic acids is 3. The van der Waals surface area contributed by atoms with Gasteiger partial charge in [0, 0.05) is 5.39 Å². The van der Waals surface area contributed by atoms with Crippen molar-refractivity contribution in [1.29, 1.82) is 0 Å². The lowest BCUT2D eigenvalue weighted by molar-refractivity contribution is -0.126. The van der Waals surface area contributed by atoms with E-state index in [1.54, 1.807) is 43.5 Å². The van der Waals surface area contributed by atoms with Gasteiger partial charge in [-0.2, -0.15) is 0 Å². The third-order valence-corrected chi connectivity index (χ3v) is 4.73. The van der Waals surface area contributed by atoms with Gasteiger partial charge < -0.3 is 24.8 Å². The number of benzene rings is 3. The minimum absolute atomic E-state index is 0.279. The van der Waals surface area contributed by atoms with Gasteiger partial charge in [0.2, 0.25) is 5.91 Å². The van der Waals surface area contributed by atoms with Gasteiger partial charge in [0.15, 0.2) is 6.61 Å². The normalized spacial score (nSPS) is 10.3. The molecule has 2 N–H and O–H groups in total. The van der Waals surface area contributed by atoms with Crippen LogP contribution in [-0.4, -0.2) is 45.2 Å². The average molecular weight is 436 g/mol. The highest BCUT2D eigenvalue weighted by atomic mass is 16.5. The zero-order valence-corrected chi connectivity index (χ0v) is 18.1. The lowest BCUT2D eigenvalue weighted by Crippen LogP contribution is -2.35. The number of fused-ring (bicyclic) bond motifs is 1. The SMILES string of the molecule is COc1ccc(C)cc1NC(=O)CNC(=O)COC(=O)c1ccc(OC)c2ccccc12. The third-order valence-electron chi connectivity index (χ3n) is 4.73. The fourth-order valence-corrected chi connectivity index (χ4v) is 3.18. The molecule has 0 bridgehead atoms. The van der Waals surface area contributed by atoms with Crippen molar-refractivity contribution in [2.45, 2.75) is 6.92 Å². The maximum Gasteiger partial charge on any atom is 0.339 e. The Morgan fingerprint density at radius 2 is 1.53 bits per heavy atom. The van der Waals surface area contributed by atoms with Gasteiger partial charge in [0.1, 0.15) is 11.5 Å². The smallest absolute Gasteiger partial charge is 0.339 e. The Hall–Kier alpha value is -4.07. The average Bonchev–Trinajstić information content (AvgIpc) is 2.80. The largest absolute Gasteiger partial charge is 0.496 e. The number of esters is 1. The van der Waals surface area contributed by atoms with Crippen LogP contribution in [0.3, 0.4) is 0 Å². The Kier molecular flexibility index (Phi) is 7.28. The number of methoxy groups -OCH3 is 2. The molecule has 2 amide bonds. The maximum absolute atomic E-state index is 12.5. The summed E-state index contributed by atoms with van der Waals surface area (Å²) in [6.45, 7) is 1.09. The molecule has 0 fully saturated rings. The first-order chi connectivity index (χ1) is 15.4. The molecule has 0 spiro atoms. The molecule has 8 nitrogen and oxygen atoms in total. The summed E-state index contributed by atoms with van der Waals surface area (Å²) in [4.78, 5) is 36.7. The second-order valence-electron chi connectivity index (χ2n) is 6.97. The van der Waals surface area contributed by atoms with Crippen molar-refractivity contribution in [2.75, 3.05) is 32.7 Å². The molecule has 8 heteroatoms. The maximum atomic E-state index is 12.5. The van der Waals surface area contributed by atoms with E-state index in [4.69, 9.17) is 14.2 Å². The van der Waals surface area contributed by atoms with Crippen LogP contribution in [-0.2, 0) is 14.3 Å². The molecule has 0 aliphatic carbocycles. The number of hydrogen-bond donors (Lipinski definition) is 2. The zero-order chi connectivity index (χ0) is 23.1. The number of carbonyl (C=O) groups is 3. The highest BCUT2D eigenvalue weighted by Gasteiger charge is 2.16. The van der Waals surface area contributed by atoms with Crippen molar-refractivity contribution in [2.24, 2.45) is 0 Å². The molecule has 0 aliphatic heterocycles. The number of hydrogen-bond acceptors (Lipinski definition) is 6. The first-order valence-corrected chi connectivity index (χ1v) is 9.87. The Balaban J connectivity index is 1.54. The summed E-state index contributed by atoms with van der Waals surface area (Å²) in [5.74, 6) is -0.535. The molecule has 3 aromatic rings. The molecular formula is C24H24N2O6. The second kappa shape index (κ2) is 10.3. The number of ether oxygens (including phenoxy) is 3. The molecule has 0 radical (unpaired) electrons. The van der Waals surface area contributed by atoms with Gasteiger partial charge in [0.25, 0.3) is 5.91 Å². The van der Waals surface area contributed by atoms with E-state index in [9.17, 15) is 14.4 Å². The molecule has 0 aliphatic rings. The van der Waals surface area contributed by atoms with Crippen LogP contribution in [0.15, 0.2) is 54.6 Å². The summed E-state index contributed by atoms with van der Waals surface area (Å²) in [7, 11) is 3.05. The Labute approximate surface area is 185 Å². The van der Waals surface area contributed by atoms with E-state index in [-0.39, 0.29) is 6.54 Å². The summed E-state index contributed by atoms with van der Waals surface area (Å²) in [5, 5.41) is 6.53. The summed E-state index contributed by atoms with van der Waals surface area (Å²) >= 11 is 0. The topological polar surface area (TPSA) is 103 Å². The van der Waals surface area contributed by atoms with Crippen LogP contribution in [0.2, 0.25) is 0 Å². The number of nitrogens with one attached hydrogen (secondary N) is 2. The first-order valence-electron chi connectivity index (χ1n) is 9.87. The van der Waals surface area contributed by atoms with E-state index in [0.717, 1.165) is 10.9 Å². The Morgan fingerprint density at radius 1 is 0.844 bits per heavy atom. The molecule has 0 saturated heterocycles. The van der Waals surface area contributed by atoms with Crippen LogP contribution in [0, 0.1) is 6.92 Å². The Morgan fingerprint density at radius 3 is 2.25 bits per heavy atom. The molecule has 0 saturated carbocycles. The van der Waals surface area contributed by atoms with Crippen molar-refractivity contribution >= 4 is 34.2 Å². The minimum Gasteiger partial charge on any atom is -0.496 e. The number of aryl methyl sites for hydroxylation is 1. The van der Waals surface area contributed by atoms with Crippen LogP contribution >= 0.6 is 0 Å². The summed E-state index contributed by atoms with van der Waals surface area (Å²) in [6.07, 6.45) is 0. The molecule has 3 rings (SSSR count). The zero-order valence-electron chi connectivity index (χ0n) is 18.1. The summed E-state index contributed by atoms with van der Waals surface area (Å²) in [5.41, 5.74) is 1.77. The van der Waals surface area contributed by atoms with E-state index in [2.05, 4.69) is 10.6 Å². The van der Waals surface area contributed by atoms with Gasteiger partial charge >= 0.3 is 5.97 Å². The molecule has 0 aromatic heterocycles. The lowest BCUT2D eigenvalue weighted by atomic mass is 10.0. The monoisotopic (exact) mass is 436 g/mol. The van der Waals surface area contributed by atoms with Crippen molar-refractivity contribution in [3.8, 4) is 11.5 Å². The number of amides is 2. The van der Waals surface area contributed by atoms with E-state index in [1.807, 2.05) is 25.1 Å². The lowest BCUT2D eigenvalue weighted by Gasteiger charge is -2.12. The van der Waals surface area contributed by atoms with Crippen molar-refractivity contribution in [1.82, 2.24) is 5.32 Å². The minimum atomic E-state index is -0.645. The number of anilines is 1. The van der Waals surface area contributed by atoms with Gasteiger partial charge in [-0.25, -0.2) is 4.79 Å². The molecule has 0 unspecified atom stereocenters. The van der Waals surface area contributed by atoms with E-state index >= 15 is 0 Å². The van der Waals surface area contributed by atoms with Crippen molar-refractivity contribution in [3.05, 3.63) is 65.7 Å². The summed E-state index contributed by atoms with van der Waals surface area (Å²) in [6, 6.07) is 15.9. The molecule has 0 heterocycles. The number of rotatable bonds is 8. The highest BCUT2D eigenvalue weighted by molar-refractivity contribution is 6.06. The van der Waals surface area contributed by atoms with Crippen LogP contribution < -0.4 is 20.1 Å². The van der Waals surface area contributed by atoms with Crippen LogP contribution in [0.5, 0.6) is 11.5 Å². The standard InChI is InChI=1S/C24H24N2O6/c1-15-8-10-21(31-3)19(12-15)26-22(27)13-25-23(28)14-32-24(29)18-9-11-20(30-2)17-7-5-4-6-16(17)18/h4-12H,13-14H2,1-3H3,(H,25,28)(H,26,27). The van der Waals surface area contributed by atoms with Crippen LogP contribution in [0.25, 0.3) is 10.8 Å². The van der Waals surface area contributed by atoms with Gasteiger partial charge in [-0.15, -0.1) is 0 Å². The van der Waals surface area contributed by atoms with Gasteiger partial charge in [0.05, 0.1) is 32.0 Å². The highest BCUT2D eigenvalue weighted by Crippen LogP contribution is 2.28. The van der Waals surface area contributed by atoms with Crippen molar-refractivity contribution in [3.63, 3.8) is 0 Å². The van der Waals surface area contributed by atoms with Gasteiger partial charge in [-0.05, 0) is 42.1 Å². The van der Waals surface area contributed by atoms with Crippen LogP contribution in [0.4, 0.5) is 5.69 Å². The first kappa shape index (κ1) is 22.6. The fraction of sp³-hybridized carbons (Fsp3) is 0.208. The molecule has 32 heavy (non-hydrogen) atoms. The predicted molar refractivity (Wildman–Crippen MR) is 120 cm³/mol. The molecular weight excluding hydrogens is 412 g/mol. The summed E-state index contributed by atoms with van der Waals surface area (Å²) < 4.78 is 15.7. The predicted octanol–water partition coefficient (Wildman–Crippen LogP) is 3.08. The fourth-order valence-electron chi connectivity index (χ4n) is 3.18. The molecule has 0 atom stereocenters. The van der Waals surface area contributed by atoms with Gasteiger partial charge in [-0.1, -0.05) is 30.3 Å². The molecule has 166 valence electrons. The second-order valence-corrected chi connectivity index (χ2v) is 6.97. The molecule has 3 aromatic carbocycles. The van der Waals surface area contributed by atoms with Gasteiger partial charge in [-0.3, -0.25) is 9.59 Å². The quantitative estimate of drug-likeness (QED) is 0.526. The van der Waals surface area contributed by atoms with Crippen molar-refractivity contribution < 1.29 is 28.6 Å². The van der Waals surface area contributed by atoms with E-state index in [1.165, 1.54) is 7.11 Å².